The first-order chi connectivity index (χ1) is 8.90. The van der Waals surface area contributed by atoms with Gasteiger partial charge < -0.3 is 20.2 Å². The minimum atomic E-state index is -0.345. The van der Waals surface area contributed by atoms with Crippen molar-refractivity contribution < 1.29 is 15.3 Å². The standard InChI is InChI=1S/C13H17Br2NO3/c1-16-3-2-10(17)8(6-16)4-7-5-9(14)13(19)11(15)12(7)18/h5,8,10,17-19H,2-4,6H2,1H3. The molecule has 1 aromatic rings. The number of nitrogens with zero attached hydrogens (tertiary/aromatic N) is 1. The van der Waals surface area contributed by atoms with Crippen molar-refractivity contribution in [1.82, 2.24) is 4.90 Å². The van der Waals surface area contributed by atoms with Gasteiger partial charge in [-0.05, 0) is 63.4 Å². The number of rotatable bonds is 2. The second-order valence-electron chi connectivity index (χ2n) is 5.11. The summed E-state index contributed by atoms with van der Waals surface area (Å²) in [5.74, 6) is 0.122. The Kier molecular flexibility index (Phi) is 4.76. The minimum absolute atomic E-state index is 0.0115. The molecule has 0 aliphatic carbocycles. The van der Waals surface area contributed by atoms with E-state index in [2.05, 4.69) is 36.8 Å². The molecular formula is C13H17Br2NO3. The maximum atomic E-state index is 10.1. The fourth-order valence-electron chi connectivity index (χ4n) is 2.49. The predicted molar refractivity (Wildman–Crippen MR) is 80.5 cm³/mol. The number of aliphatic hydroxyl groups excluding tert-OH is 1. The van der Waals surface area contributed by atoms with Crippen LogP contribution in [0.3, 0.4) is 0 Å². The number of hydrogen-bond acceptors (Lipinski definition) is 4. The van der Waals surface area contributed by atoms with Gasteiger partial charge >= 0.3 is 0 Å². The Morgan fingerprint density at radius 2 is 2.00 bits per heavy atom. The molecule has 0 radical (unpaired) electrons. The normalized spacial score (nSPS) is 24.6. The van der Waals surface area contributed by atoms with Gasteiger partial charge in [0.1, 0.15) is 16.0 Å². The average molecular weight is 395 g/mol. The van der Waals surface area contributed by atoms with E-state index in [9.17, 15) is 15.3 Å². The highest BCUT2D eigenvalue weighted by Gasteiger charge is 2.27. The largest absolute Gasteiger partial charge is 0.506 e. The van der Waals surface area contributed by atoms with Crippen LogP contribution in [-0.2, 0) is 6.42 Å². The molecule has 0 amide bonds. The number of halogens is 2. The van der Waals surface area contributed by atoms with E-state index in [0.29, 0.717) is 10.9 Å². The molecule has 0 saturated carbocycles. The van der Waals surface area contributed by atoms with Crippen molar-refractivity contribution in [2.24, 2.45) is 5.92 Å². The smallest absolute Gasteiger partial charge is 0.147 e. The maximum absolute atomic E-state index is 10.1. The number of aromatic hydroxyl groups is 2. The van der Waals surface area contributed by atoms with Gasteiger partial charge in [0.05, 0.1) is 10.6 Å². The quantitative estimate of drug-likeness (QED) is 0.720. The molecule has 19 heavy (non-hydrogen) atoms. The van der Waals surface area contributed by atoms with E-state index in [1.807, 2.05) is 7.05 Å². The summed E-state index contributed by atoms with van der Waals surface area (Å²) in [4.78, 5) is 2.18. The molecular weight excluding hydrogens is 378 g/mol. The van der Waals surface area contributed by atoms with Crippen LogP contribution < -0.4 is 0 Å². The van der Waals surface area contributed by atoms with Crippen LogP contribution in [-0.4, -0.2) is 46.5 Å². The lowest BCUT2D eigenvalue weighted by Crippen LogP contribution is -2.42. The zero-order chi connectivity index (χ0) is 14.2. The van der Waals surface area contributed by atoms with E-state index >= 15 is 0 Å². The molecule has 0 aromatic heterocycles. The molecule has 6 heteroatoms. The molecule has 1 aliphatic heterocycles. The third-order valence-corrected chi connectivity index (χ3v) is 4.98. The second kappa shape index (κ2) is 5.99. The Morgan fingerprint density at radius 3 is 2.68 bits per heavy atom. The SMILES string of the molecule is CN1CCC(O)C(Cc2cc(Br)c(O)c(Br)c2O)C1. The molecule has 3 N–H and O–H groups in total. The number of phenolic OH excluding ortho intramolecular Hbond substituents is 2. The van der Waals surface area contributed by atoms with Gasteiger partial charge in [-0.3, -0.25) is 0 Å². The number of benzene rings is 1. The molecule has 0 bridgehead atoms. The van der Waals surface area contributed by atoms with E-state index in [1.165, 1.54) is 0 Å². The highest BCUT2D eigenvalue weighted by atomic mass is 79.9. The van der Waals surface area contributed by atoms with E-state index in [0.717, 1.165) is 25.1 Å². The Hall–Kier alpha value is -0.300. The number of hydrogen-bond donors (Lipinski definition) is 3. The minimum Gasteiger partial charge on any atom is -0.506 e. The van der Waals surface area contributed by atoms with Crippen molar-refractivity contribution in [1.29, 1.82) is 0 Å². The lowest BCUT2D eigenvalue weighted by atomic mass is 9.88. The monoisotopic (exact) mass is 393 g/mol. The summed E-state index contributed by atoms with van der Waals surface area (Å²) in [5.41, 5.74) is 0.718. The number of piperidine rings is 1. The first-order valence-corrected chi connectivity index (χ1v) is 7.74. The zero-order valence-corrected chi connectivity index (χ0v) is 13.8. The number of phenols is 2. The summed E-state index contributed by atoms with van der Waals surface area (Å²) in [7, 11) is 2.03. The summed E-state index contributed by atoms with van der Waals surface area (Å²) in [6.45, 7) is 1.70. The fourth-order valence-corrected chi connectivity index (χ4v) is 3.70. The lowest BCUT2D eigenvalue weighted by molar-refractivity contribution is 0.0364. The van der Waals surface area contributed by atoms with E-state index in [4.69, 9.17) is 0 Å². The fraction of sp³-hybridized carbons (Fsp3) is 0.538. The van der Waals surface area contributed by atoms with Gasteiger partial charge in [0.25, 0.3) is 0 Å². The molecule has 2 atom stereocenters. The van der Waals surface area contributed by atoms with Gasteiger partial charge in [-0.1, -0.05) is 0 Å². The van der Waals surface area contributed by atoms with E-state index in [1.54, 1.807) is 6.07 Å². The van der Waals surface area contributed by atoms with Gasteiger partial charge in [-0.2, -0.15) is 0 Å². The van der Waals surface area contributed by atoms with Crippen molar-refractivity contribution >= 4 is 31.9 Å². The summed E-state index contributed by atoms with van der Waals surface area (Å²) >= 11 is 6.43. The van der Waals surface area contributed by atoms with Crippen molar-refractivity contribution in [3.8, 4) is 11.5 Å². The molecule has 1 fully saturated rings. The first-order valence-electron chi connectivity index (χ1n) is 6.15. The third kappa shape index (κ3) is 3.24. The summed E-state index contributed by atoms with van der Waals surface area (Å²) in [5, 5.41) is 29.8. The van der Waals surface area contributed by atoms with E-state index < -0.39 is 0 Å². The summed E-state index contributed by atoms with van der Waals surface area (Å²) < 4.78 is 0.821. The number of likely N-dealkylation sites (tertiary alicyclic amines) is 1. The van der Waals surface area contributed by atoms with Crippen molar-refractivity contribution in [2.75, 3.05) is 20.1 Å². The Bertz CT molecular complexity index is 481. The van der Waals surface area contributed by atoms with Gasteiger partial charge in [0.15, 0.2) is 0 Å². The van der Waals surface area contributed by atoms with Crippen molar-refractivity contribution in [3.63, 3.8) is 0 Å². The summed E-state index contributed by atoms with van der Waals surface area (Å²) in [6, 6.07) is 1.71. The maximum Gasteiger partial charge on any atom is 0.147 e. The average Bonchev–Trinajstić information content (AvgIpc) is 2.37. The highest BCUT2D eigenvalue weighted by Crippen LogP contribution is 2.42. The molecule has 2 unspecified atom stereocenters. The van der Waals surface area contributed by atoms with Gasteiger partial charge in [0, 0.05) is 19.0 Å². The van der Waals surface area contributed by atoms with Gasteiger partial charge in [-0.25, -0.2) is 0 Å². The molecule has 106 valence electrons. The molecule has 1 aromatic carbocycles. The molecule has 1 aliphatic rings. The molecule has 1 heterocycles. The van der Waals surface area contributed by atoms with Crippen molar-refractivity contribution in [3.05, 3.63) is 20.6 Å². The van der Waals surface area contributed by atoms with Crippen LogP contribution in [0.1, 0.15) is 12.0 Å². The predicted octanol–water partition coefficient (Wildman–Crippen LogP) is 2.48. The summed E-state index contributed by atoms with van der Waals surface area (Å²) in [6.07, 6.45) is 0.985. The molecule has 1 saturated heterocycles. The molecule has 4 nitrogen and oxygen atoms in total. The van der Waals surface area contributed by atoms with Gasteiger partial charge in [-0.15, -0.1) is 0 Å². The molecule has 0 spiro atoms. The van der Waals surface area contributed by atoms with Crippen LogP contribution in [0.15, 0.2) is 15.0 Å². The van der Waals surface area contributed by atoms with Crippen LogP contribution >= 0.6 is 31.9 Å². The Morgan fingerprint density at radius 1 is 1.32 bits per heavy atom. The van der Waals surface area contributed by atoms with Gasteiger partial charge in [0.2, 0.25) is 0 Å². The topological polar surface area (TPSA) is 63.9 Å². The van der Waals surface area contributed by atoms with Crippen LogP contribution in [0.2, 0.25) is 0 Å². The second-order valence-corrected chi connectivity index (χ2v) is 6.76. The van der Waals surface area contributed by atoms with Crippen molar-refractivity contribution in [2.45, 2.75) is 18.9 Å². The molecule has 2 rings (SSSR count). The lowest BCUT2D eigenvalue weighted by Gasteiger charge is -2.34. The Balaban J connectivity index is 2.23. The van der Waals surface area contributed by atoms with E-state index in [-0.39, 0.29) is 28.0 Å². The zero-order valence-electron chi connectivity index (χ0n) is 10.6. The highest BCUT2D eigenvalue weighted by molar-refractivity contribution is 9.11. The Labute approximate surface area is 129 Å². The number of aliphatic hydroxyl groups is 1. The van der Waals surface area contributed by atoms with Crippen LogP contribution in [0.5, 0.6) is 11.5 Å². The van der Waals surface area contributed by atoms with Crippen LogP contribution in [0.4, 0.5) is 0 Å². The third-order valence-electron chi connectivity index (χ3n) is 3.63. The van der Waals surface area contributed by atoms with Crippen LogP contribution in [0, 0.1) is 5.92 Å². The van der Waals surface area contributed by atoms with Crippen LogP contribution in [0.25, 0.3) is 0 Å². The first kappa shape index (κ1) is 15.1.